The largest absolute Gasteiger partial charge is 0.398 e. The third-order valence-electron chi connectivity index (χ3n) is 8.25. The lowest BCUT2D eigenvalue weighted by atomic mass is 9.73. The van der Waals surface area contributed by atoms with E-state index in [1.165, 1.54) is 24.3 Å². The molecule has 4 N–H and O–H groups in total. The summed E-state index contributed by atoms with van der Waals surface area (Å²) in [4.78, 5) is 0. The second kappa shape index (κ2) is 8.66. The van der Waals surface area contributed by atoms with Crippen LogP contribution in [0.2, 0.25) is 0 Å². The van der Waals surface area contributed by atoms with E-state index in [9.17, 15) is 0 Å². The van der Waals surface area contributed by atoms with Gasteiger partial charge in [-0.1, -0.05) is 54.4 Å². The van der Waals surface area contributed by atoms with Crippen LogP contribution in [0.5, 0.6) is 0 Å². The molecule has 0 amide bonds. The van der Waals surface area contributed by atoms with Crippen molar-refractivity contribution >= 4 is 11.4 Å². The Morgan fingerprint density at radius 1 is 0.583 bits per heavy atom. The molecule has 6 heteroatoms. The normalized spacial score (nSPS) is 18.2. The van der Waals surface area contributed by atoms with Gasteiger partial charge in [0.15, 0.2) is 0 Å². The topological polar surface area (TPSA) is 52.0 Å². The Bertz CT molecular complexity index is 1060. The standard InChI is InChI=1S/C30H40F4N2/c1-27(2,3)23-15-19(13-21(25(23)35)17-9-7-10-17)29(31,32)30(33,34)20-14-22(18-11-8-12-18)26(36)24(16-20)28(4,5)6/h13-18H,7-12,35-36H2,1-6H3. The lowest BCUT2D eigenvalue weighted by molar-refractivity contribution is -0.224. The molecule has 2 aromatic carbocycles. The van der Waals surface area contributed by atoms with Crippen LogP contribution >= 0.6 is 0 Å². The maximum atomic E-state index is 16.0. The molecular formula is C30H40F4N2. The second-order valence-corrected chi connectivity index (χ2v) is 13.0. The molecule has 2 aromatic rings. The Morgan fingerprint density at radius 3 is 1.11 bits per heavy atom. The van der Waals surface area contributed by atoms with Crippen molar-refractivity contribution < 1.29 is 17.6 Å². The first-order valence-corrected chi connectivity index (χ1v) is 13.1. The van der Waals surface area contributed by atoms with Gasteiger partial charge in [0.1, 0.15) is 0 Å². The van der Waals surface area contributed by atoms with E-state index in [4.69, 9.17) is 11.5 Å². The molecule has 0 aliphatic heterocycles. The predicted molar refractivity (Wildman–Crippen MR) is 140 cm³/mol. The van der Waals surface area contributed by atoms with Gasteiger partial charge in [0.05, 0.1) is 0 Å². The molecule has 198 valence electrons. The van der Waals surface area contributed by atoms with E-state index in [-0.39, 0.29) is 11.8 Å². The minimum atomic E-state index is -4.43. The fourth-order valence-electron chi connectivity index (χ4n) is 5.43. The zero-order valence-corrected chi connectivity index (χ0v) is 22.4. The Morgan fingerprint density at radius 2 is 0.889 bits per heavy atom. The van der Waals surface area contributed by atoms with Crippen molar-refractivity contribution in [1.29, 1.82) is 0 Å². The maximum Gasteiger partial charge on any atom is 0.339 e. The smallest absolute Gasteiger partial charge is 0.339 e. The third kappa shape index (κ3) is 4.39. The summed E-state index contributed by atoms with van der Waals surface area (Å²) in [6.45, 7) is 11.2. The molecule has 0 heterocycles. The van der Waals surface area contributed by atoms with Gasteiger partial charge in [0.2, 0.25) is 0 Å². The van der Waals surface area contributed by atoms with Crippen molar-refractivity contribution in [2.45, 2.75) is 115 Å². The Balaban J connectivity index is 1.89. The summed E-state index contributed by atoms with van der Waals surface area (Å²) in [6.07, 6.45) is 5.29. The van der Waals surface area contributed by atoms with Crippen molar-refractivity contribution in [2.75, 3.05) is 11.5 Å². The van der Waals surface area contributed by atoms with E-state index in [1.807, 2.05) is 41.5 Å². The molecular weight excluding hydrogens is 464 g/mol. The lowest BCUT2D eigenvalue weighted by Gasteiger charge is -2.35. The van der Waals surface area contributed by atoms with Crippen molar-refractivity contribution in [3.8, 4) is 0 Å². The molecule has 2 nitrogen and oxygen atoms in total. The molecule has 4 rings (SSSR count). The first kappa shape index (κ1) is 26.8. The van der Waals surface area contributed by atoms with E-state index in [0.717, 1.165) is 38.5 Å². The molecule has 2 saturated carbocycles. The van der Waals surface area contributed by atoms with Crippen molar-refractivity contribution in [2.24, 2.45) is 0 Å². The fraction of sp³-hybridized carbons (Fsp3) is 0.600. The molecule has 0 atom stereocenters. The number of hydrogen-bond donors (Lipinski definition) is 2. The first-order valence-electron chi connectivity index (χ1n) is 13.1. The van der Waals surface area contributed by atoms with Gasteiger partial charge in [0, 0.05) is 22.5 Å². The van der Waals surface area contributed by atoms with Crippen molar-refractivity contribution in [3.05, 3.63) is 57.6 Å². The minimum Gasteiger partial charge on any atom is -0.398 e. The highest BCUT2D eigenvalue weighted by molar-refractivity contribution is 5.62. The summed E-state index contributed by atoms with van der Waals surface area (Å²) in [5.41, 5.74) is 13.4. The van der Waals surface area contributed by atoms with E-state index in [0.29, 0.717) is 33.6 Å². The highest BCUT2D eigenvalue weighted by atomic mass is 19.3. The number of rotatable bonds is 5. The van der Waals surface area contributed by atoms with Crippen LogP contribution in [0.3, 0.4) is 0 Å². The number of benzene rings is 2. The summed E-state index contributed by atoms with van der Waals surface area (Å²) in [7, 11) is 0. The zero-order valence-electron chi connectivity index (χ0n) is 22.4. The van der Waals surface area contributed by atoms with Crippen LogP contribution in [0.15, 0.2) is 24.3 Å². The second-order valence-electron chi connectivity index (χ2n) is 13.0. The number of alkyl halides is 4. The van der Waals surface area contributed by atoms with E-state index < -0.39 is 33.8 Å². The SMILES string of the molecule is CC(C)(C)c1cc(C(F)(F)C(F)(F)c2cc(C3CCC3)c(N)c(C(C)(C)C)c2)cc(C2CCC2)c1N. The zero-order chi connectivity index (χ0) is 26.8. The number of nitrogens with two attached hydrogens (primary N) is 2. The molecule has 0 saturated heterocycles. The maximum absolute atomic E-state index is 16.0. The van der Waals surface area contributed by atoms with E-state index >= 15 is 17.6 Å². The van der Waals surface area contributed by atoms with Gasteiger partial charge in [-0.3, -0.25) is 0 Å². The van der Waals surface area contributed by atoms with Gasteiger partial charge < -0.3 is 11.5 Å². The average Bonchev–Trinajstić information content (AvgIpc) is 2.65. The molecule has 36 heavy (non-hydrogen) atoms. The Kier molecular flexibility index (Phi) is 6.45. The van der Waals surface area contributed by atoms with Crippen LogP contribution in [-0.2, 0) is 22.7 Å². The highest BCUT2D eigenvalue weighted by Crippen LogP contribution is 2.54. The van der Waals surface area contributed by atoms with Gasteiger partial charge >= 0.3 is 11.8 Å². The first-order chi connectivity index (χ1) is 16.5. The Labute approximate surface area is 212 Å². The molecule has 2 aliphatic carbocycles. The van der Waals surface area contributed by atoms with Gasteiger partial charge in [-0.25, -0.2) is 0 Å². The van der Waals surface area contributed by atoms with Gasteiger partial charge in [-0.05, 0) is 94.9 Å². The van der Waals surface area contributed by atoms with Crippen LogP contribution in [0, 0.1) is 0 Å². The number of anilines is 2. The van der Waals surface area contributed by atoms with Crippen LogP contribution < -0.4 is 11.5 Å². The molecule has 2 fully saturated rings. The monoisotopic (exact) mass is 504 g/mol. The van der Waals surface area contributed by atoms with Gasteiger partial charge in [0.25, 0.3) is 0 Å². The van der Waals surface area contributed by atoms with Gasteiger partial charge in [-0.15, -0.1) is 0 Å². The van der Waals surface area contributed by atoms with E-state index in [1.54, 1.807) is 0 Å². The molecule has 0 spiro atoms. The molecule has 0 unspecified atom stereocenters. The minimum absolute atomic E-state index is 0.0321. The highest BCUT2D eigenvalue weighted by Gasteiger charge is 2.59. The Hall–Kier alpha value is -2.24. The third-order valence-corrected chi connectivity index (χ3v) is 8.25. The van der Waals surface area contributed by atoms with Crippen LogP contribution in [0.1, 0.15) is 125 Å². The molecule has 0 radical (unpaired) electrons. The summed E-state index contributed by atoms with van der Waals surface area (Å²) < 4.78 is 64.1. The summed E-state index contributed by atoms with van der Waals surface area (Å²) in [5.74, 6) is -8.79. The summed E-state index contributed by atoms with van der Waals surface area (Å²) in [5, 5.41) is 0. The number of hydrogen-bond acceptors (Lipinski definition) is 2. The predicted octanol–water partition coefficient (Wildman–Crippen LogP) is 8.86. The quantitative estimate of drug-likeness (QED) is 0.316. The van der Waals surface area contributed by atoms with Crippen molar-refractivity contribution in [3.63, 3.8) is 0 Å². The van der Waals surface area contributed by atoms with Gasteiger partial charge in [-0.2, -0.15) is 17.6 Å². The van der Waals surface area contributed by atoms with Crippen LogP contribution in [-0.4, -0.2) is 0 Å². The van der Waals surface area contributed by atoms with Crippen LogP contribution in [0.4, 0.5) is 28.9 Å². The fourth-order valence-corrected chi connectivity index (χ4v) is 5.43. The summed E-state index contributed by atoms with van der Waals surface area (Å²) in [6, 6.07) is 4.86. The lowest BCUT2D eigenvalue weighted by Crippen LogP contribution is -2.37. The summed E-state index contributed by atoms with van der Waals surface area (Å²) >= 11 is 0. The molecule has 0 aromatic heterocycles. The molecule has 2 aliphatic rings. The number of nitrogen functional groups attached to an aromatic ring is 2. The van der Waals surface area contributed by atoms with Crippen LogP contribution in [0.25, 0.3) is 0 Å². The number of halogens is 4. The van der Waals surface area contributed by atoms with E-state index in [2.05, 4.69) is 0 Å². The average molecular weight is 505 g/mol. The molecule has 0 bridgehead atoms. The van der Waals surface area contributed by atoms with Crippen molar-refractivity contribution in [1.82, 2.24) is 0 Å².